The number of nitrogens with zero attached hydrogens (tertiary/aromatic N) is 3. The molecular formula is C33H39N5O6. The summed E-state index contributed by atoms with van der Waals surface area (Å²) in [5.74, 6) is -0.705. The number of aryl methyl sites for hydroxylation is 2. The van der Waals surface area contributed by atoms with Gasteiger partial charge in [-0.15, -0.1) is 0 Å². The number of anilines is 4. The number of carboxylic acid groups (broad SMARTS) is 1. The molecule has 0 fully saturated rings. The first-order valence-electron chi connectivity index (χ1n) is 14.5. The molecule has 1 aliphatic heterocycles. The topological polar surface area (TPSA) is 132 Å². The Morgan fingerprint density at radius 3 is 2.20 bits per heavy atom. The third kappa shape index (κ3) is 8.13. The van der Waals surface area contributed by atoms with Crippen LogP contribution in [0.5, 0.6) is 5.75 Å². The molecule has 0 radical (unpaired) electrons. The minimum atomic E-state index is -0.901. The van der Waals surface area contributed by atoms with E-state index in [0.29, 0.717) is 66.5 Å². The van der Waals surface area contributed by atoms with Gasteiger partial charge in [0.2, 0.25) is 11.8 Å². The van der Waals surface area contributed by atoms with Gasteiger partial charge >= 0.3 is 12.0 Å². The van der Waals surface area contributed by atoms with Gasteiger partial charge in [0.1, 0.15) is 5.75 Å². The lowest BCUT2D eigenvalue weighted by atomic mass is 10.0. The van der Waals surface area contributed by atoms with Crippen LogP contribution < -0.4 is 25.2 Å². The van der Waals surface area contributed by atoms with Crippen LogP contribution in [0.1, 0.15) is 29.5 Å². The highest BCUT2D eigenvalue weighted by atomic mass is 16.5. The van der Waals surface area contributed by atoms with Crippen LogP contribution in [0.25, 0.3) is 0 Å². The molecule has 0 aliphatic carbocycles. The molecule has 232 valence electrons. The van der Waals surface area contributed by atoms with Gasteiger partial charge in [0, 0.05) is 38.2 Å². The summed E-state index contributed by atoms with van der Waals surface area (Å²) in [6.07, 6.45) is 0.680. The molecule has 44 heavy (non-hydrogen) atoms. The molecule has 0 atom stereocenters. The van der Waals surface area contributed by atoms with Crippen molar-refractivity contribution in [1.82, 2.24) is 4.90 Å². The molecule has 0 bridgehead atoms. The minimum absolute atomic E-state index is 0.0315. The van der Waals surface area contributed by atoms with E-state index in [9.17, 15) is 19.2 Å². The van der Waals surface area contributed by atoms with Crippen LogP contribution in [0, 0.1) is 6.92 Å². The first kappa shape index (κ1) is 32.0. The Morgan fingerprint density at radius 2 is 1.52 bits per heavy atom. The summed E-state index contributed by atoms with van der Waals surface area (Å²) in [5.41, 5.74) is 4.77. The first-order valence-corrected chi connectivity index (χ1v) is 14.5. The minimum Gasteiger partial charge on any atom is -0.495 e. The second-order valence-electron chi connectivity index (χ2n) is 11.0. The number of amides is 4. The van der Waals surface area contributed by atoms with Crippen molar-refractivity contribution < 1.29 is 29.0 Å². The number of ether oxygens (including phenoxy) is 1. The lowest BCUT2D eigenvalue weighted by Crippen LogP contribution is -2.47. The SMILES string of the molecule is COc1cc(CC(=O)N2CCN(C(=O)CCN(C)C)c3cc(CCC(=O)O)ccc32)ccc1NC(=O)Nc1ccccc1C. The Morgan fingerprint density at radius 1 is 0.841 bits per heavy atom. The van der Waals surface area contributed by atoms with Gasteiger partial charge in [0.05, 0.1) is 30.6 Å². The van der Waals surface area contributed by atoms with E-state index < -0.39 is 12.0 Å². The van der Waals surface area contributed by atoms with Gasteiger partial charge in [-0.2, -0.15) is 0 Å². The summed E-state index contributed by atoms with van der Waals surface area (Å²) >= 11 is 0. The molecule has 4 amide bonds. The largest absolute Gasteiger partial charge is 0.495 e. The predicted octanol–water partition coefficient (Wildman–Crippen LogP) is 4.54. The molecule has 3 aromatic carbocycles. The van der Waals surface area contributed by atoms with Crippen LogP contribution in [-0.2, 0) is 27.2 Å². The van der Waals surface area contributed by atoms with Crippen molar-refractivity contribution in [3.63, 3.8) is 0 Å². The lowest BCUT2D eigenvalue weighted by molar-refractivity contribution is -0.137. The Balaban J connectivity index is 1.51. The van der Waals surface area contributed by atoms with Gasteiger partial charge < -0.3 is 35.2 Å². The molecule has 4 rings (SSSR count). The van der Waals surface area contributed by atoms with Gasteiger partial charge in [-0.25, -0.2) is 4.79 Å². The van der Waals surface area contributed by atoms with E-state index in [1.54, 1.807) is 40.1 Å². The number of hydrogen-bond donors (Lipinski definition) is 3. The highest BCUT2D eigenvalue weighted by Crippen LogP contribution is 2.36. The zero-order valence-electron chi connectivity index (χ0n) is 25.6. The number of aliphatic carboxylic acids is 1. The molecule has 0 saturated carbocycles. The second kappa shape index (κ2) is 14.5. The normalized spacial score (nSPS) is 12.5. The van der Waals surface area contributed by atoms with E-state index in [-0.39, 0.29) is 24.7 Å². The van der Waals surface area contributed by atoms with E-state index in [1.165, 1.54) is 7.11 Å². The van der Waals surface area contributed by atoms with Crippen LogP contribution >= 0.6 is 0 Å². The zero-order valence-corrected chi connectivity index (χ0v) is 25.6. The maximum Gasteiger partial charge on any atom is 0.323 e. The van der Waals surface area contributed by atoms with Gasteiger partial charge in [0.15, 0.2) is 0 Å². The summed E-state index contributed by atoms with van der Waals surface area (Å²) in [6.45, 7) is 3.15. The molecule has 1 heterocycles. The molecule has 0 aromatic heterocycles. The maximum absolute atomic E-state index is 13.6. The third-order valence-electron chi connectivity index (χ3n) is 7.43. The highest BCUT2D eigenvalue weighted by Gasteiger charge is 2.30. The molecule has 0 saturated heterocycles. The van der Waals surface area contributed by atoms with Crippen molar-refractivity contribution in [3.05, 3.63) is 77.4 Å². The number of fused-ring (bicyclic) bond motifs is 1. The van der Waals surface area contributed by atoms with E-state index in [2.05, 4.69) is 10.6 Å². The summed E-state index contributed by atoms with van der Waals surface area (Å²) in [5, 5.41) is 14.8. The van der Waals surface area contributed by atoms with E-state index in [0.717, 1.165) is 11.1 Å². The zero-order chi connectivity index (χ0) is 31.8. The summed E-state index contributed by atoms with van der Waals surface area (Å²) in [7, 11) is 5.30. The van der Waals surface area contributed by atoms with Gasteiger partial charge in [-0.3, -0.25) is 14.4 Å². The number of para-hydroxylation sites is 1. The number of rotatable bonds is 11. The first-order chi connectivity index (χ1) is 21.0. The Labute approximate surface area is 257 Å². The van der Waals surface area contributed by atoms with E-state index in [1.807, 2.05) is 56.3 Å². The molecule has 3 N–H and O–H groups in total. The number of carbonyl (C=O) groups excluding carboxylic acids is 3. The second-order valence-corrected chi connectivity index (χ2v) is 11.0. The summed E-state index contributed by atoms with van der Waals surface area (Å²) < 4.78 is 5.52. The van der Waals surface area contributed by atoms with Crippen molar-refractivity contribution in [1.29, 1.82) is 0 Å². The summed E-state index contributed by atoms with van der Waals surface area (Å²) in [6, 6.07) is 17.6. The smallest absolute Gasteiger partial charge is 0.323 e. The van der Waals surface area contributed by atoms with Crippen LogP contribution in [-0.4, -0.2) is 74.7 Å². The number of methoxy groups -OCH3 is 1. The molecule has 0 spiro atoms. The van der Waals surface area contributed by atoms with Crippen molar-refractivity contribution in [2.45, 2.75) is 32.6 Å². The maximum atomic E-state index is 13.6. The van der Waals surface area contributed by atoms with Crippen LogP contribution in [0.3, 0.4) is 0 Å². The molecule has 1 aliphatic rings. The fourth-order valence-corrected chi connectivity index (χ4v) is 5.04. The third-order valence-corrected chi connectivity index (χ3v) is 7.43. The molecule has 11 heteroatoms. The predicted molar refractivity (Wildman–Crippen MR) is 171 cm³/mol. The van der Waals surface area contributed by atoms with Crippen molar-refractivity contribution in [2.75, 3.05) is 61.3 Å². The van der Waals surface area contributed by atoms with E-state index in [4.69, 9.17) is 9.84 Å². The van der Waals surface area contributed by atoms with Crippen LogP contribution in [0.15, 0.2) is 60.7 Å². The Hall–Kier alpha value is -4.90. The van der Waals surface area contributed by atoms with E-state index >= 15 is 0 Å². The van der Waals surface area contributed by atoms with Crippen molar-refractivity contribution in [2.24, 2.45) is 0 Å². The number of carboxylic acids is 1. The Kier molecular flexibility index (Phi) is 10.6. The van der Waals surface area contributed by atoms with Crippen molar-refractivity contribution >= 4 is 46.6 Å². The number of benzene rings is 3. The number of hydrogen-bond acceptors (Lipinski definition) is 6. The van der Waals surface area contributed by atoms with Gasteiger partial charge in [-0.05, 0) is 74.5 Å². The highest BCUT2D eigenvalue weighted by molar-refractivity contribution is 6.05. The quantitative estimate of drug-likeness (QED) is 0.294. The fourth-order valence-electron chi connectivity index (χ4n) is 5.04. The average molecular weight is 602 g/mol. The molecule has 3 aromatic rings. The summed E-state index contributed by atoms with van der Waals surface area (Å²) in [4.78, 5) is 55.9. The molecule has 0 unspecified atom stereocenters. The average Bonchev–Trinajstić information content (AvgIpc) is 2.99. The van der Waals surface area contributed by atoms with Gasteiger partial charge in [-0.1, -0.05) is 30.3 Å². The standard InChI is InChI=1S/C33H39N5O6/c1-22-7-5-6-8-25(22)34-33(43)35-26-12-9-24(20-29(26)44-4)21-31(40)37-17-18-38(30(39)15-16-36(2)3)28-19-23(10-13-27(28)37)11-14-32(41)42/h5-10,12-13,19-20H,11,14-18,21H2,1-4H3,(H,41,42)(H2,34,35,43). The van der Waals surface area contributed by atoms with Crippen LogP contribution in [0.2, 0.25) is 0 Å². The molecular weight excluding hydrogens is 562 g/mol. The van der Waals surface area contributed by atoms with Crippen LogP contribution in [0.4, 0.5) is 27.5 Å². The fraction of sp³-hybridized carbons (Fsp3) is 0.333. The number of carbonyl (C=O) groups is 4. The number of urea groups is 1. The Bertz CT molecular complexity index is 1540. The van der Waals surface area contributed by atoms with Gasteiger partial charge in [0.25, 0.3) is 0 Å². The monoisotopic (exact) mass is 601 g/mol. The number of nitrogens with one attached hydrogen (secondary N) is 2. The van der Waals surface area contributed by atoms with Crippen molar-refractivity contribution in [3.8, 4) is 5.75 Å². The molecule has 11 nitrogen and oxygen atoms in total. The lowest BCUT2D eigenvalue weighted by Gasteiger charge is -2.37.